The van der Waals surface area contributed by atoms with Crippen molar-refractivity contribution in [3.63, 3.8) is 0 Å². The maximum absolute atomic E-state index is 12.6. The summed E-state index contributed by atoms with van der Waals surface area (Å²) >= 11 is 0. The fourth-order valence-electron chi connectivity index (χ4n) is 2.05. The maximum atomic E-state index is 12.6. The molecule has 0 bridgehead atoms. The van der Waals surface area contributed by atoms with Gasteiger partial charge in [-0.05, 0) is 46.8 Å². The number of aryl methyl sites for hydroxylation is 1. The molecule has 1 aliphatic rings. The molecule has 2 rings (SSSR count). The molecule has 3 amide bonds. The Bertz CT molecular complexity index is 530. The lowest BCUT2D eigenvalue weighted by Gasteiger charge is -2.48. The Labute approximate surface area is 113 Å². The maximum Gasteiger partial charge on any atom is 0.329 e. The lowest BCUT2D eigenvalue weighted by Crippen LogP contribution is -2.69. The summed E-state index contributed by atoms with van der Waals surface area (Å²) in [5.41, 5.74) is 0.471. The van der Waals surface area contributed by atoms with E-state index in [0.717, 1.165) is 5.56 Å². The van der Waals surface area contributed by atoms with Crippen molar-refractivity contribution in [2.45, 2.75) is 40.2 Å². The number of amides is 3. The van der Waals surface area contributed by atoms with Crippen LogP contribution >= 0.6 is 0 Å². The van der Waals surface area contributed by atoms with Gasteiger partial charge in [-0.1, -0.05) is 17.7 Å². The third kappa shape index (κ3) is 2.01. The van der Waals surface area contributed by atoms with Crippen LogP contribution in [0.1, 0.15) is 33.3 Å². The second-order valence-corrected chi connectivity index (χ2v) is 6.16. The summed E-state index contributed by atoms with van der Waals surface area (Å²) < 4.78 is 0. The minimum Gasteiger partial charge on any atom is -0.331 e. The number of carbonyl (C=O) groups is 2. The molecule has 1 saturated heterocycles. The van der Waals surface area contributed by atoms with Crippen LogP contribution in [0, 0.1) is 12.3 Å². The summed E-state index contributed by atoms with van der Waals surface area (Å²) in [5, 5.41) is 2.91. The van der Waals surface area contributed by atoms with Gasteiger partial charge in [0.05, 0.1) is 16.6 Å². The first kappa shape index (κ1) is 13.6. The molecular weight excluding hydrogens is 240 g/mol. The van der Waals surface area contributed by atoms with E-state index in [0.29, 0.717) is 5.69 Å². The number of nitrogens with one attached hydrogen (secondary N) is 1. The van der Waals surface area contributed by atoms with E-state index in [1.54, 1.807) is 12.1 Å². The third-order valence-corrected chi connectivity index (χ3v) is 4.21. The zero-order valence-electron chi connectivity index (χ0n) is 12.1. The van der Waals surface area contributed by atoms with Gasteiger partial charge >= 0.3 is 6.03 Å². The molecule has 19 heavy (non-hydrogen) atoms. The highest BCUT2D eigenvalue weighted by Gasteiger charge is 2.52. The summed E-state index contributed by atoms with van der Waals surface area (Å²) in [6.45, 7) is 9.42. The molecule has 0 spiro atoms. The largest absolute Gasteiger partial charge is 0.331 e. The summed E-state index contributed by atoms with van der Waals surface area (Å²) in [6, 6.07) is 7.01. The molecule has 1 heterocycles. The Morgan fingerprint density at radius 2 is 1.53 bits per heavy atom. The van der Waals surface area contributed by atoms with Gasteiger partial charge in [-0.25, -0.2) is 9.69 Å². The van der Waals surface area contributed by atoms with Crippen molar-refractivity contribution in [3.8, 4) is 0 Å². The van der Waals surface area contributed by atoms with E-state index in [1.165, 1.54) is 4.90 Å². The first-order valence-corrected chi connectivity index (χ1v) is 6.40. The second-order valence-electron chi connectivity index (χ2n) is 6.16. The number of hydrogen-bond donors (Lipinski definition) is 1. The fourth-order valence-corrected chi connectivity index (χ4v) is 2.05. The summed E-state index contributed by atoms with van der Waals surface area (Å²) in [7, 11) is 0. The SMILES string of the molecule is Cc1ccc(N2C(=O)NC(C)(C)C(C)(C)C2=O)cc1. The molecule has 0 unspecified atom stereocenters. The number of imide groups is 1. The number of carbonyl (C=O) groups excluding carboxylic acids is 2. The molecule has 4 heteroatoms. The normalized spacial score (nSPS) is 21.2. The minimum atomic E-state index is -0.661. The van der Waals surface area contributed by atoms with E-state index >= 15 is 0 Å². The Kier molecular flexibility index (Phi) is 2.92. The number of rotatable bonds is 1. The van der Waals surface area contributed by atoms with E-state index < -0.39 is 11.0 Å². The van der Waals surface area contributed by atoms with Gasteiger partial charge in [-0.15, -0.1) is 0 Å². The second kappa shape index (κ2) is 4.08. The molecule has 4 nitrogen and oxygen atoms in total. The number of hydrogen-bond acceptors (Lipinski definition) is 2. The van der Waals surface area contributed by atoms with Crippen LogP contribution < -0.4 is 10.2 Å². The van der Waals surface area contributed by atoms with Crippen molar-refractivity contribution in [1.29, 1.82) is 0 Å². The van der Waals surface area contributed by atoms with Gasteiger partial charge in [0.15, 0.2) is 0 Å². The highest BCUT2D eigenvalue weighted by molar-refractivity contribution is 6.18. The van der Waals surface area contributed by atoms with E-state index in [9.17, 15) is 9.59 Å². The average Bonchev–Trinajstić information content (AvgIpc) is 2.29. The van der Waals surface area contributed by atoms with Gasteiger partial charge in [-0.2, -0.15) is 0 Å². The van der Waals surface area contributed by atoms with Crippen LogP contribution in [0.15, 0.2) is 24.3 Å². The van der Waals surface area contributed by atoms with Crippen molar-refractivity contribution in [2.24, 2.45) is 5.41 Å². The lowest BCUT2D eigenvalue weighted by atomic mass is 9.72. The zero-order chi connectivity index (χ0) is 14.4. The van der Waals surface area contributed by atoms with Gasteiger partial charge in [-0.3, -0.25) is 4.79 Å². The van der Waals surface area contributed by atoms with Gasteiger partial charge in [0.25, 0.3) is 0 Å². The number of anilines is 1. The predicted octanol–water partition coefficient (Wildman–Crippen LogP) is 2.86. The van der Waals surface area contributed by atoms with Crippen molar-refractivity contribution in [2.75, 3.05) is 4.90 Å². The fraction of sp³-hybridized carbons (Fsp3) is 0.467. The summed E-state index contributed by atoms with van der Waals surface area (Å²) in [5.74, 6) is -0.176. The van der Waals surface area contributed by atoms with E-state index in [4.69, 9.17) is 0 Å². The van der Waals surface area contributed by atoms with Crippen LogP contribution in [0.2, 0.25) is 0 Å². The molecule has 102 valence electrons. The van der Waals surface area contributed by atoms with Crippen LogP contribution in [-0.2, 0) is 4.79 Å². The smallest absolute Gasteiger partial charge is 0.329 e. The zero-order valence-corrected chi connectivity index (χ0v) is 12.1. The van der Waals surface area contributed by atoms with Gasteiger partial charge in [0.1, 0.15) is 0 Å². The van der Waals surface area contributed by atoms with E-state index in [1.807, 2.05) is 46.8 Å². The lowest BCUT2D eigenvalue weighted by molar-refractivity contribution is -0.130. The molecule has 0 aromatic heterocycles. The average molecular weight is 260 g/mol. The Balaban J connectivity index is 2.45. The number of benzene rings is 1. The van der Waals surface area contributed by atoms with Crippen LogP contribution in [-0.4, -0.2) is 17.5 Å². The van der Waals surface area contributed by atoms with Gasteiger partial charge < -0.3 is 5.32 Å². The minimum absolute atomic E-state index is 0.176. The van der Waals surface area contributed by atoms with Crippen LogP contribution in [0.3, 0.4) is 0 Å². The third-order valence-electron chi connectivity index (χ3n) is 4.21. The summed E-state index contributed by atoms with van der Waals surface area (Å²) in [6.07, 6.45) is 0. The van der Waals surface area contributed by atoms with Crippen LogP contribution in [0.4, 0.5) is 10.5 Å². The molecule has 1 aliphatic heterocycles. The van der Waals surface area contributed by atoms with E-state index in [-0.39, 0.29) is 11.9 Å². The highest BCUT2D eigenvalue weighted by Crippen LogP contribution is 2.37. The molecule has 1 aromatic rings. The quantitative estimate of drug-likeness (QED) is 0.844. The van der Waals surface area contributed by atoms with Gasteiger partial charge in [0, 0.05) is 0 Å². The van der Waals surface area contributed by atoms with Crippen LogP contribution in [0.25, 0.3) is 0 Å². The first-order chi connectivity index (χ1) is 8.67. The summed E-state index contributed by atoms with van der Waals surface area (Å²) in [4.78, 5) is 26.0. The molecule has 1 aromatic carbocycles. The molecule has 0 radical (unpaired) electrons. The predicted molar refractivity (Wildman–Crippen MR) is 75.1 cm³/mol. The van der Waals surface area contributed by atoms with Crippen molar-refractivity contribution >= 4 is 17.6 Å². The number of nitrogens with zero attached hydrogens (tertiary/aromatic N) is 1. The molecule has 1 fully saturated rings. The Hall–Kier alpha value is -1.84. The first-order valence-electron chi connectivity index (χ1n) is 6.40. The number of urea groups is 1. The van der Waals surface area contributed by atoms with Crippen molar-refractivity contribution in [3.05, 3.63) is 29.8 Å². The molecule has 0 atom stereocenters. The van der Waals surface area contributed by atoms with Crippen LogP contribution in [0.5, 0.6) is 0 Å². The Morgan fingerprint density at radius 1 is 1.00 bits per heavy atom. The molecule has 0 saturated carbocycles. The van der Waals surface area contributed by atoms with Gasteiger partial charge in [0.2, 0.25) is 5.91 Å². The van der Waals surface area contributed by atoms with Crippen molar-refractivity contribution in [1.82, 2.24) is 5.32 Å². The standard InChI is InChI=1S/C15H20N2O2/c1-10-6-8-11(9-7-10)17-12(18)14(2,3)15(4,5)16-13(17)19/h6-9H,1-5H3,(H,16,19). The molecular formula is C15H20N2O2. The van der Waals surface area contributed by atoms with Crippen molar-refractivity contribution < 1.29 is 9.59 Å². The molecule has 0 aliphatic carbocycles. The molecule has 1 N–H and O–H groups in total. The van der Waals surface area contributed by atoms with E-state index in [2.05, 4.69) is 5.32 Å². The topological polar surface area (TPSA) is 49.4 Å². The highest BCUT2D eigenvalue weighted by atomic mass is 16.2. The Morgan fingerprint density at radius 3 is 2.05 bits per heavy atom. The monoisotopic (exact) mass is 260 g/mol.